The van der Waals surface area contributed by atoms with Crippen molar-refractivity contribution in [3.8, 4) is 5.69 Å². The molecule has 1 aromatic heterocycles. The average Bonchev–Trinajstić information content (AvgIpc) is 3.07. The van der Waals surface area contributed by atoms with Crippen molar-refractivity contribution >= 4 is 17.5 Å². The van der Waals surface area contributed by atoms with Crippen LogP contribution in [-0.4, -0.2) is 27.1 Å². The van der Waals surface area contributed by atoms with Gasteiger partial charge < -0.3 is 10.6 Å². The molecule has 28 heavy (non-hydrogen) atoms. The molecule has 6 heteroatoms. The Balaban J connectivity index is 1.65. The molecule has 144 valence electrons. The fraction of sp³-hybridized carbons (Fsp3) is 0.227. The van der Waals surface area contributed by atoms with Crippen molar-refractivity contribution in [3.05, 3.63) is 77.6 Å². The van der Waals surface area contributed by atoms with E-state index in [2.05, 4.69) is 15.7 Å². The molecule has 2 aromatic carbocycles. The van der Waals surface area contributed by atoms with Crippen LogP contribution >= 0.6 is 0 Å². The minimum atomic E-state index is -0.301. The number of aryl methyl sites for hydroxylation is 1. The molecule has 0 unspecified atom stereocenters. The Labute approximate surface area is 164 Å². The number of carbonyl (C=O) groups is 2. The van der Waals surface area contributed by atoms with Gasteiger partial charge in [-0.1, -0.05) is 0 Å². The lowest BCUT2D eigenvalue weighted by molar-refractivity contribution is 0.0919. The van der Waals surface area contributed by atoms with E-state index < -0.39 is 0 Å². The lowest BCUT2D eigenvalue weighted by Gasteiger charge is -2.20. The number of aromatic nitrogens is 2. The van der Waals surface area contributed by atoms with Crippen molar-refractivity contribution in [2.75, 3.05) is 5.32 Å². The van der Waals surface area contributed by atoms with Gasteiger partial charge in [0.25, 0.3) is 11.8 Å². The van der Waals surface area contributed by atoms with Crippen molar-refractivity contribution in [2.45, 2.75) is 33.2 Å². The summed E-state index contributed by atoms with van der Waals surface area (Å²) in [4.78, 5) is 24.6. The van der Waals surface area contributed by atoms with E-state index in [-0.39, 0.29) is 17.4 Å². The summed E-state index contributed by atoms with van der Waals surface area (Å²) >= 11 is 0. The fourth-order valence-corrected chi connectivity index (χ4v) is 2.64. The Bertz CT molecular complexity index is 981. The van der Waals surface area contributed by atoms with Crippen LogP contribution in [0.4, 0.5) is 5.69 Å². The Morgan fingerprint density at radius 3 is 2.00 bits per heavy atom. The molecule has 2 N–H and O–H groups in total. The average molecular weight is 376 g/mol. The second-order valence-electron chi connectivity index (χ2n) is 7.74. The first kappa shape index (κ1) is 19.4. The van der Waals surface area contributed by atoms with Crippen LogP contribution in [-0.2, 0) is 0 Å². The number of anilines is 1. The lowest BCUT2D eigenvalue weighted by atomic mass is 10.1. The summed E-state index contributed by atoms with van der Waals surface area (Å²) in [5.41, 5.74) is 3.38. The number of nitrogens with one attached hydrogen (secondary N) is 2. The summed E-state index contributed by atoms with van der Waals surface area (Å²) in [6.07, 6.45) is 3.71. The minimum absolute atomic E-state index is 0.144. The summed E-state index contributed by atoms with van der Waals surface area (Å²) in [5, 5.41) is 10.0. The van der Waals surface area contributed by atoms with E-state index in [0.29, 0.717) is 16.8 Å². The van der Waals surface area contributed by atoms with Gasteiger partial charge in [-0.2, -0.15) is 5.10 Å². The van der Waals surface area contributed by atoms with Crippen molar-refractivity contribution in [1.82, 2.24) is 15.1 Å². The molecule has 0 aliphatic carbocycles. The van der Waals surface area contributed by atoms with Crippen LogP contribution in [0.25, 0.3) is 5.69 Å². The van der Waals surface area contributed by atoms with E-state index in [9.17, 15) is 9.59 Å². The third kappa shape index (κ3) is 4.85. The van der Waals surface area contributed by atoms with Gasteiger partial charge in [-0.15, -0.1) is 0 Å². The minimum Gasteiger partial charge on any atom is -0.347 e. The van der Waals surface area contributed by atoms with E-state index in [0.717, 1.165) is 11.3 Å². The van der Waals surface area contributed by atoms with Gasteiger partial charge in [0.2, 0.25) is 0 Å². The SMILES string of the molecule is Cc1cnn(-c2ccc(C(=O)Nc3ccc(C(=O)NC(C)(C)C)cc3)cc2)c1. The molecule has 0 aliphatic rings. The number of benzene rings is 2. The molecule has 0 radical (unpaired) electrons. The summed E-state index contributed by atoms with van der Waals surface area (Å²) < 4.78 is 1.76. The topological polar surface area (TPSA) is 76.0 Å². The Morgan fingerprint density at radius 1 is 0.893 bits per heavy atom. The van der Waals surface area contributed by atoms with Crippen LogP contribution in [0.1, 0.15) is 47.1 Å². The number of amides is 2. The van der Waals surface area contributed by atoms with Gasteiger partial charge >= 0.3 is 0 Å². The summed E-state index contributed by atoms with van der Waals surface area (Å²) in [6, 6.07) is 14.0. The number of nitrogens with zero attached hydrogens (tertiary/aromatic N) is 2. The maximum atomic E-state index is 12.5. The molecule has 0 saturated carbocycles. The predicted octanol–water partition coefficient (Wildman–Crippen LogP) is 3.96. The normalized spacial score (nSPS) is 11.1. The van der Waals surface area contributed by atoms with Gasteiger partial charge in [0, 0.05) is 28.6 Å². The molecule has 0 atom stereocenters. The number of hydrogen-bond acceptors (Lipinski definition) is 3. The molecule has 0 saturated heterocycles. The zero-order valence-electron chi connectivity index (χ0n) is 16.5. The quantitative estimate of drug-likeness (QED) is 0.724. The van der Waals surface area contributed by atoms with Gasteiger partial charge in [-0.25, -0.2) is 4.68 Å². The van der Waals surface area contributed by atoms with E-state index >= 15 is 0 Å². The van der Waals surface area contributed by atoms with E-state index in [1.807, 2.05) is 46.0 Å². The number of hydrogen-bond donors (Lipinski definition) is 2. The summed E-state index contributed by atoms with van der Waals surface area (Å²) in [6.45, 7) is 7.76. The molecule has 6 nitrogen and oxygen atoms in total. The summed E-state index contributed by atoms with van der Waals surface area (Å²) in [5.74, 6) is -0.357. The van der Waals surface area contributed by atoms with Gasteiger partial charge in [0.1, 0.15) is 0 Å². The molecular formula is C22H24N4O2. The van der Waals surface area contributed by atoms with Crippen LogP contribution in [0.3, 0.4) is 0 Å². The third-order valence-corrected chi connectivity index (χ3v) is 4.00. The number of carbonyl (C=O) groups excluding carboxylic acids is 2. The van der Waals surface area contributed by atoms with Crippen molar-refractivity contribution in [3.63, 3.8) is 0 Å². The first-order chi connectivity index (χ1) is 13.2. The number of rotatable bonds is 4. The summed E-state index contributed by atoms with van der Waals surface area (Å²) in [7, 11) is 0. The zero-order valence-corrected chi connectivity index (χ0v) is 16.5. The largest absolute Gasteiger partial charge is 0.347 e. The fourth-order valence-electron chi connectivity index (χ4n) is 2.64. The van der Waals surface area contributed by atoms with Gasteiger partial charge in [0.15, 0.2) is 0 Å². The highest BCUT2D eigenvalue weighted by atomic mass is 16.2. The first-order valence-corrected chi connectivity index (χ1v) is 9.07. The monoisotopic (exact) mass is 376 g/mol. The maximum absolute atomic E-state index is 12.5. The standard InChI is InChI=1S/C22H24N4O2/c1-15-13-23-26(14-15)19-11-7-16(8-12-19)20(27)24-18-9-5-17(6-10-18)21(28)25-22(2,3)4/h5-14H,1-4H3,(H,24,27)(H,25,28). The molecule has 3 rings (SSSR count). The Morgan fingerprint density at radius 2 is 1.46 bits per heavy atom. The van der Waals surface area contributed by atoms with Crippen molar-refractivity contribution in [1.29, 1.82) is 0 Å². The highest BCUT2D eigenvalue weighted by molar-refractivity contribution is 6.04. The van der Waals surface area contributed by atoms with Gasteiger partial charge in [-0.3, -0.25) is 9.59 Å². The Kier molecular flexibility index (Phi) is 5.31. The molecule has 0 spiro atoms. The first-order valence-electron chi connectivity index (χ1n) is 9.07. The second-order valence-corrected chi connectivity index (χ2v) is 7.74. The smallest absolute Gasteiger partial charge is 0.255 e. The Hall–Kier alpha value is -3.41. The van der Waals surface area contributed by atoms with Crippen LogP contribution < -0.4 is 10.6 Å². The molecular weight excluding hydrogens is 352 g/mol. The maximum Gasteiger partial charge on any atom is 0.255 e. The van der Waals surface area contributed by atoms with Crippen LogP contribution in [0.2, 0.25) is 0 Å². The van der Waals surface area contributed by atoms with Crippen molar-refractivity contribution < 1.29 is 9.59 Å². The van der Waals surface area contributed by atoms with E-state index in [1.54, 1.807) is 47.3 Å². The zero-order chi connectivity index (χ0) is 20.3. The van der Waals surface area contributed by atoms with Crippen LogP contribution in [0, 0.1) is 6.92 Å². The van der Waals surface area contributed by atoms with Crippen molar-refractivity contribution in [2.24, 2.45) is 0 Å². The van der Waals surface area contributed by atoms with Crippen LogP contribution in [0.15, 0.2) is 60.9 Å². The molecule has 3 aromatic rings. The van der Waals surface area contributed by atoms with Crippen LogP contribution in [0.5, 0.6) is 0 Å². The molecule has 0 aliphatic heterocycles. The predicted molar refractivity (Wildman–Crippen MR) is 110 cm³/mol. The molecule has 1 heterocycles. The van der Waals surface area contributed by atoms with E-state index in [1.165, 1.54) is 0 Å². The lowest BCUT2D eigenvalue weighted by Crippen LogP contribution is -2.40. The molecule has 2 amide bonds. The highest BCUT2D eigenvalue weighted by Gasteiger charge is 2.15. The second kappa shape index (κ2) is 7.68. The third-order valence-electron chi connectivity index (χ3n) is 4.00. The highest BCUT2D eigenvalue weighted by Crippen LogP contribution is 2.14. The molecule has 0 fully saturated rings. The van der Waals surface area contributed by atoms with Gasteiger partial charge in [0.05, 0.1) is 11.9 Å². The molecule has 0 bridgehead atoms. The van der Waals surface area contributed by atoms with Gasteiger partial charge in [-0.05, 0) is 81.8 Å². The van der Waals surface area contributed by atoms with E-state index in [4.69, 9.17) is 0 Å².